The van der Waals surface area contributed by atoms with Crippen LogP contribution in [0.2, 0.25) is 0 Å². The Kier molecular flexibility index (Phi) is 6.08. The Hall–Kier alpha value is -3.27. The van der Waals surface area contributed by atoms with Crippen molar-refractivity contribution < 1.29 is 18.7 Å². The average molecular weight is 466 g/mol. The van der Waals surface area contributed by atoms with E-state index in [0.29, 0.717) is 48.2 Å². The lowest BCUT2D eigenvalue weighted by Gasteiger charge is -2.29. The number of fused-ring (bicyclic) bond motifs is 2. The quantitative estimate of drug-likeness (QED) is 0.432. The molecule has 1 saturated heterocycles. The van der Waals surface area contributed by atoms with E-state index in [9.17, 15) is 9.59 Å². The molecule has 9 heteroatoms. The number of morpholine rings is 1. The molecule has 4 aromatic rings. The highest BCUT2D eigenvalue weighted by molar-refractivity contribution is 7.22. The van der Waals surface area contributed by atoms with Gasteiger partial charge in [-0.05, 0) is 24.3 Å². The smallest absolute Gasteiger partial charge is 0.295 e. The second kappa shape index (κ2) is 9.30. The van der Waals surface area contributed by atoms with Crippen LogP contribution in [0.25, 0.3) is 21.2 Å². The van der Waals surface area contributed by atoms with E-state index in [2.05, 4.69) is 4.90 Å². The van der Waals surface area contributed by atoms with Crippen LogP contribution in [0.4, 0.5) is 5.13 Å². The van der Waals surface area contributed by atoms with E-state index in [4.69, 9.17) is 18.9 Å². The number of benzene rings is 2. The maximum absolute atomic E-state index is 13.6. The first kappa shape index (κ1) is 21.6. The van der Waals surface area contributed by atoms with Gasteiger partial charge in [0.2, 0.25) is 0 Å². The monoisotopic (exact) mass is 465 g/mol. The normalized spacial score (nSPS) is 14.6. The van der Waals surface area contributed by atoms with Gasteiger partial charge in [-0.1, -0.05) is 23.5 Å². The maximum atomic E-state index is 13.6. The molecule has 3 heterocycles. The summed E-state index contributed by atoms with van der Waals surface area (Å²) in [7, 11) is 1.61. The van der Waals surface area contributed by atoms with E-state index >= 15 is 0 Å². The third-order valence-electron chi connectivity index (χ3n) is 5.65. The van der Waals surface area contributed by atoms with E-state index in [0.717, 1.165) is 23.3 Å². The molecule has 0 aliphatic carbocycles. The molecule has 33 heavy (non-hydrogen) atoms. The number of ether oxygens (including phenoxy) is 2. The van der Waals surface area contributed by atoms with E-state index in [1.54, 1.807) is 36.3 Å². The molecule has 0 spiro atoms. The number of carbonyl (C=O) groups excluding carboxylic acids is 1. The highest BCUT2D eigenvalue weighted by atomic mass is 32.1. The number of carbonyl (C=O) groups is 1. The number of anilines is 1. The van der Waals surface area contributed by atoms with Crippen molar-refractivity contribution in [3.05, 3.63) is 64.5 Å². The molecule has 0 N–H and O–H groups in total. The average Bonchev–Trinajstić information content (AvgIpc) is 3.27. The molecule has 1 amide bonds. The van der Waals surface area contributed by atoms with Crippen LogP contribution < -0.4 is 15.1 Å². The lowest BCUT2D eigenvalue weighted by molar-refractivity contribution is 0.0390. The first-order valence-electron chi connectivity index (χ1n) is 10.7. The molecule has 5 rings (SSSR count). The fourth-order valence-corrected chi connectivity index (χ4v) is 4.80. The first-order valence-corrected chi connectivity index (χ1v) is 11.5. The molecule has 1 fully saturated rings. The fourth-order valence-electron chi connectivity index (χ4n) is 3.83. The number of rotatable bonds is 6. The van der Waals surface area contributed by atoms with Gasteiger partial charge in [0, 0.05) is 38.3 Å². The molecule has 2 aromatic heterocycles. The Balaban J connectivity index is 1.51. The van der Waals surface area contributed by atoms with Crippen molar-refractivity contribution in [2.24, 2.45) is 0 Å². The van der Waals surface area contributed by atoms with Crippen molar-refractivity contribution >= 4 is 43.6 Å². The van der Waals surface area contributed by atoms with Gasteiger partial charge in [0.15, 0.2) is 16.3 Å². The Labute approximate surface area is 194 Å². The van der Waals surface area contributed by atoms with Crippen LogP contribution in [-0.4, -0.2) is 62.3 Å². The second-order valence-electron chi connectivity index (χ2n) is 7.71. The van der Waals surface area contributed by atoms with Crippen LogP contribution in [-0.2, 0) is 4.74 Å². The number of aromatic nitrogens is 1. The molecule has 1 aliphatic rings. The molecule has 0 unspecified atom stereocenters. The number of methoxy groups -OCH3 is 1. The number of amides is 1. The van der Waals surface area contributed by atoms with Crippen LogP contribution in [0.15, 0.2) is 57.7 Å². The maximum Gasteiger partial charge on any atom is 0.295 e. The zero-order chi connectivity index (χ0) is 22.8. The molecule has 1 aliphatic heterocycles. The van der Waals surface area contributed by atoms with Crippen molar-refractivity contribution in [1.82, 2.24) is 9.88 Å². The van der Waals surface area contributed by atoms with Gasteiger partial charge in [-0.15, -0.1) is 0 Å². The minimum Gasteiger partial charge on any atom is -0.497 e. The number of thiazole rings is 1. The van der Waals surface area contributed by atoms with E-state index in [-0.39, 0.29) is 11.2 Å². The minimum atomic E-state index is -0.392. The summed E-state index contributed by atoms with van der Waals surface area (Å²) in [5.74, 6) is 0.306. The van der Waals surface area contributed by atoms with Crippen LogP contribution in [0.1, 0.15) is 10.6 Å². The number of nitrogens with zero attached hydrogens (tertiary/aromatic N) is 3. The van der Waals surface area contributed by atoms with Crippen LogP contribution in [0, 0.1) is 0 Å². The van der Waals surface area contributed by atoms with Gasteiger partial charge >= 0.3 is 0 Å². The van der Waals surface area contributed by atoms with Gasteiger partial charge in [-0.25, -0.2) is 4.98 Å². The van der Waals surface area contributed by atoms with Crippen molar-refractivity contribution in [3.8, 4) is 5.75 Å². The Morgan fingerprint density at radius 1 is 1.18 bits per heavy atom. The summed E-state index contributed by atoms with van der Waals surface area (Å²) in [5.41, 5.74) is 0.886. The predicted molar refractivity (Wildman–Crippen MR) is 128 cm³/mol. The van der Waals surface area contributed by atoms with Crippen molar-refractivity contribution in [1.29, 1.82) is 0 Å². The number of hydrogen-bond donors (Lipinski definition) is 0. The van der Waals surface area contributed by atoms with Crippen LogP contribution >= 0.6 is 11.3 Å². The number of para-hydroxylation sites is 1. The van der Waals surface area contributed by atoms with E-state index < -0.39 is 5.91 Å². The van der Waals surface area contributed by atoms with Gasteiger partial charge in [-0.2, -0.15) is 0 Å². The summed E-state index contributed by atoms with van der Waals surface area (Å²) in [6.45, 7) is 4.04. The van der Waals surface area contributed by atoms with E-state index in [1.165, 1.54) is 17.4 Å². The molecule has 0 radical (unpaired) electrons. The van der Waals surface area contributed by atoms with Crippen LogP contribution in [0.3, 0.4) is 0 Å². The lowest BCUT2D eigenvalue weighted by Crippen LogP contribution is -2.43. The minimum absolute atomic E-state index is 0.00230. The SMILES string of the molecule is COc1ccc2sc(N(CCN3CCOCC3)C(=O)c3cc(=O)c4ccccc4o3)nc2c1. The zero-order valence-corrected chi connectivity index (χ0v) is 19.0. The molecule has 8 nitrogen and oxygen atoms in total. The molecular weight excluding hydrogens is 442 g/mol. The first-order chi connectivity index (χ1) is 16.1. The summed E-state index contributed by atoms with van der Waals surface area (Å²) in [5, 5.41) is 0.994. The van der Waals surface area contributed by atoms with Gasteiger partial charge in [0.1, 0.15) is 11.3 Å². The predicted octanol–water partition coefficient (Wildman–Crippen LogP) is 3.39. The number of hydrogen-bond acceptors (Lipinski definition) is 8. The molecular formula is C24H23N3O5S. The zero-order valence-electron chi connectivity index (χ0n) is 18.2. The summed E-state index contributed by atoms with van der Waals surface area (Å²) < 4.78 is 17.5. The fraction of sp³-hybridized carbons (Fsp3) is 0.292. The van der Waals surface area contributed by atoms with Gasteiger partial charge < -0.3 is 13.9 Å². The lowest BCUT2D eigenvalue weighted by atomic mass is 10.2. The highest BCUT2D eigenvalue weighted by Crippen LogP contribution is 2.32. The third kappa shape index (κ3) is 4.47. The highest BCUT2D eigenvalue weighted by Gasteiger charge is 2.25. The third-order valence-corrected chi connectivity index (χ3v) is 6.71. The topological polar surface area (TPSA) is 85.1 Å². The summed E-state index contributed by atoms with van der Waals surface area (Å²) in [6.07, 6.45) is 0. The van der Waals surface area contributed by atoms with Crippen molar-refractivity contribution in [3.63, 3.8) is 0 Å². The van der Waals surface area contributed by atoms with Gasteiger partial charge in [0.25, 0.3) is 5.91 Å². The Morgan fingerprint density at radius 3 is 2.82 bits per heavy atom. The standard InChI is InChI=1S/C24H23N3O5S/c1-30-16-6-7-22-18(14-16)25-24(33-22)27(9-8-26-10-12-31-13-11-26)23(29)21-15-19(28)17-4-2-3-5-20(17)32-21/h2-7,14-15H,8-13H2,1H3. The molecule has 0 bridgehead atoms. The summed E-state index contributed by atoms with van der Waals surface area (Å²) >= 11 is 1.42. The molecule has 2 aromatic carbocycles. The van der Waals surface area contributed by atoms with E-state index in [1.807, 2.05) is 18.2 Å². The molecule has 0 saturated carbocycles. The van der Waals surface area contributed by atoms with Crippen molar-refractivity contribution in [2.75, 3.05) is 51.4 Å². The molecule has 0 atom stereocenters. The molecule has 170 valence electrons. The van der Waals surface area contributed by atoms with Crippen molar-refractivity contribution in [2.45, 2.75) is 0 Å². The van der Waals surface area contributed by atoms with Crippen LogP contribution in [0.5, 0.6) is 5.75 Å². The summed E-state index contributed by atoms with van der Waals surface area (Å²) in [4.78, 5) is 34.7. The van der Waals surface area contributed by atoms with Gasteiger partial charge in [-0.3, -0.25) is 19.4 Å². The second-order valence-corrected chi connectivity index (χ2v) is 8.72. The summed E-state index contributed by atoms with van der Waals surface area (Å²) in [6, 6.07) is 13.8. The largest absolute Gasteiger partial charge is 0.497 e. The Morgan fingerprint density at radius 2 is 2.00 bits per heavy atom. The Bertz CT molecular complexity index is 1360. The van der Waals surface area contributed by atoms with Gasteiger partial charge in [0.05, 0.1) is 35.9 Å².